The molecule has 2 atom stereocenters. The van der Waals surface area contributed by atoms with E-state index in [1.54, 1.807) is 5.57 Å². The fraction of sp³-hybridized carbons (Fsp3) is 0.765. The van der Waals surface area contributed by atoms with Crippen molar-refractivity contribution in [2.24, 2.45) is 11.8 Å². The Bertz CT molecular complexity index is 383. The van der Waals surface area contributed by atoms with Crippen LogP contribution in [0, 0.1) is 11.8 Å². The molecule has 0 saturated carbocycles. The molecule has 2 heteroatoms. The van der Waals surface area contributed by atoms with Gasteiger partial charge in [-0.1, -0.05) is 31.9 Å². The molecule has 108 valence electrons. The van der Waals surface area contributed by atoms with Gasteiger partial charge < -0.3 is 4.90 Å². The minimum absolute atomic E-state index is 0. The van der Waals surface area contributed by atoms with Gasteiger partial charge in [-0.25, -0.2) is 0 Å². The van der Waals surface area contributed by atoms with Gasteiger partial charge in [-0.2, -0.15) is 0 Å². The molecule has 1 aliphatic heterocycles. The second-order valence-electron chi connectivity index (χ2n) is 6.29. The monoisotopic (exact) mass is 325 g/mol. The first kappa shape index (κ1) is 15.3. The first-order valence-electron chi connectivity index (χ1n) is 7.97. The number of likely N-dealkylation sites (tertiary alicyclic amines) is 1. The van der Waals surface area contributed by atoms with Gasteiger partial charge in [0.1, 0.15) is 0 Å². The molecule has 0 spiro atoms. The molecule has 0 amide bonds. The minimum Gasteiger partial charge on any atom is -0.303 e. The molecule has 0 aromatic heterocycles. The van der Waals surface area contributed by atoms with Gasteiger partial charge in [-0.05, 0) is 55.7 Å². The van der Waals surface area contributed by atoms with Gasteiger partial charge in [-0.15, -0.1) is 17.0 Å². The van der Waals surface area contributed by atoms with Crippen molar-refractivity contribution in [2.75, 3.05) is 19.6 Å². The zero-order chi connectivity index (χ0) is 12.5. The first-order valence-corrected chi connectivity index (χ1v) is 7.97. The second-order valence-corrected chi connectivity index (χ2v) is 6.29. The maximum atomic E-state index is 2.67. The lowest BCUT2D eigenvalue weighted by Crippen LogP contribution is -2.24. The van der Waals surface area contributed by atoms with Crippen LogP contribution in [0.5, 0.6) is 0 Å². The van der Waals surface area contributed by atoms with E-state index in [0.29, 0.717) is 0 Å². The van der Waals surface area contributed by atoms with Gasteiger partial charge in [0.2, 0.25) is 0 Å². The molecule has 0 aromatic rings. The quantitative estimate of drug-likeness (QED) is 0.724. The Kier molecular flexibility index (Phi) is 5.30. The number of nitrogens with zero attached hydrogens (tertiary/aromatic N) is 1. The molecule has 0 aromatic carbocycles. The number of allylic oxidation sites excluding steroid dienone is 3. The van der Waals surface area contributed by atoms with Gasteiger partial charge in [0, 0.05) is 19.0 Å². The predicted octanol–water partition coefficient (Wildman–Crippen LogP) is 4.74. The Morgan fingerprint density at radius 2 is 2.05 bits per heavy atom. The molecule has 0 N–H and O–H groups in total. The van der Waals surface area contributed by atoms with Gasteiger partial charge in [-0.3, -0.25) is 0 Å². The molecule has 1 nitrogen and oxygen atoms in total. The maximum Gasteiger partial charge on any atom is 0.00535 e. The summed E-state index contributed by atoms with van der Waals surface area (Å²) >= 11 is 0. The molecule has 3 aliphatic rings. The van der Waals surface area contributed by atoms with Crippen molar-refractivity contribution in [3.8, 4) is 0 Å². The van der Waals surface area contributed by atoms with Gasteiger partial charge in [0.25, 0.3) is 0 Å². The summed E-state index contributed by atoms with van der Waals surface area (Å²) in [6.07, 6.45) is 10.7. The average Bonchev–Trinajstić information content (AvgIpc) is 2.82. The van der Waals surface area contributed by atoms with E-state index in [4.69, 9.17) is 0 Å². The fourth-order valence-corrected chi connectivity index (χ4v) is 4.36. The highest BCUT2D eigenvalue weighted by Gasteiger charge is 2.39. The third-order valence-electron chi connectivity index (χ3n) is 5.23. The fourth-order valence-electron chi connectivity index (χ4n) is 4.36. The normalized spacial score (nSPS) is 30.5. The summed E-state index contributed by atoms with van der Waals surface area (Å²) in [5.74, 6) is 1.84. The molecule has 1 heterocycles. The Labute approximate surface area is 128 Å². The Morgan fingerprint density at radius 1 is 1.21 bits per heavy atom. The van der Waals surface area contributed by atoms with Crippen molar-refractivity contribution in [2.45, 2.75) is 52.4 Å². The lowest BCUT2D eigenvalue weighted by atomic mass is 9.70. The summed E-state index contributed by atoms with van der Waals surface area (Å²) in [5.41, 5.74) is 5.39. The average molecular weight is 326 g/mol. The van der Waals surface area contributed by atoms with E-state index in [0.717, 1.165) is 11.8 Å². The summed E-state index contributed by atoms with van der Waals surface area (Å²) in [4.78, 5) is 2.67. The standard InChI is InChI=1S/C17H27N.BrH/c1-3-6-13-7-5-8-14-9-10-15-11-18(4-2)12-16(15)17(13)14;/h7,15-16H,3-6,8-12H2,1-2H3;1H. The Balaban J connectivity index is 0.00000133. The molecule has 1 saturated heterocycles. The van der Waals surface area contributed by atoms with Crippen molar-refractivity contribution < 1.29 is 0 Å². The van der Waals surface area contributed by atoms with Crippen molar-refractivity contribution in [1.82, 2.24) is 4.90 Å². The maximum absolute atomic E-state index is 2.67. The minimum atomic E-state index is 0. The van der Waals surface area contributed by atoms with Crippen LogP contribution in [0.25, 0.3) is 0 Å². The van der Waals surface area contributed by atoms with Crippen LogP contribution in [0.15, 0.2) is 22.8 Å². The summed E-state index contributed by atoms with van der Waals surface area (Å²) in [6.45, 7) is 8.57. The van der Waals surface area contributed by atoms with Crippen LogP contribution >= 0.6 is 17.0 Å². The number of hydrogen-bond donors (Lipinski definition) is 0. The SMILES string of the molecule is Br.CCCC1=CCCC2=C1C1CN(CC)CC1CC2. The summed E-state index contributed by atoms with van der Waals surface area (Å²) in [5, 5.41) is 0. The molecular formula is C17H28BrN. The topological polar surface area (TPSA) is 3.24 Å². The highest BCUT2D eigenvalue weighted by atomic mass is 79.9. The van der Waals surface area contributed by atoms with E-state index < -0.39 is 0 Å². The smallest absolute Gasteiger partial charge is 0.00535 e. The third-order valence-corrected chi connectivity index (χ3v) is 5.23. The molecule has 3 rings (SSSR count). The zero-order valence-electron chi connectivity index (χ0n) is 12.5. The molecule has 19 heavy (non-hydrogen) atoms. The molecule has 0 bridgehead atoms. The van der Waals surface area contributed by atoms with E-state index in [2.05, 4.69) is 24.8 Å². The highest BCUT2D eigenvalue weighted by molar-refractivity contribution is 8.93. The second kappa shape index (κ2) is 6.58. The number of hydrogen-bond acceptors (Lipinski definition) is 1. The number of rotatable bonds is 3. The van der Waals surface area contributed by atoms with Gasteiger partial charge in [0.15, 0.2) is 0 Å². The van der Waals surface area contributed by atoms with E-state index in [-0.39, 0.29) is 17.0 Å². The van der Waals surface area contributed by atoms with E-state index >= 15 is 0 Å². The van der Waals surface area contributed by atoms with Crippen LogP contribution in [-0.4, -0.2) is 24.5 Å². The lowest BCUT2D eigenvalue weighted by molar-refractivity contribution is 0.338. The predicted molar refractivity (Wildman–Crippen MR) is 87.9 cm³/mol. The van der Waals surface area contributed by atoms with Crippen LogP contribution in [0.2, 0.25) is 0 Å². The first-order chi connectivity index (χ1) is 8.83. The Morgan fingerprint density at radius 3 is 2.79 bits per heavy atom. The molecular weight excluding hydrogens is 298 g/mol. The summed E-state index contributed by atoms with van der Waals surface area (Å²) < 4.78 is 0. The Hall–Kier alpha value is -0.0800. The van der Waals surface area contributed by atoms with Crippen molar-refractivity contribution in [1.29, 1.82) is 0 Å². The van der Waals surface area contributed by atoms with Crippen LogP contribution in [0.3, 0.4) is 0 Å². The highest BCUT2D eigenvalue weighted by Crippen LogP contribution is 2.46. The summed E-state index contributed by atoms with van der Waals surface area (Å²) in [7, 11) is 0. The van der Waals surface area contributed by atoms with Crippen LogP contribution < -0.4 is 0 Å². The zero-order valence-corrected chi connectivity index (χ0v) is 14.2. The van der Waals surface area contributed by atoms with E-state index in [1.807, 2.05) is 11.1 Å². The number of halogens is 1. The van der Waals surface area contributed by atoms with Crippen LogP contribution in [0.1, 0.15) is 52.4 Å². The molecule has 2 unspecified atom stereocenters. The third kappa shape index (κ3) is 2.85. The van der Waals surface area contributed by atoms with Crippen molar-refractivity contribution >= 4 is 17.0 Å². The molecule has 0 radical (unpaired) electrons. The van der Waals surface area contributed by atoms with Crippen molar-refractivity contribution in [3.63, 3.8) is 0 Å². The van der Waals surface area contributed by atoms with E-state index in [1.165, 1.54) is 58.2 Å². The van der Waals surface area contributed by atoms with Gasteiger partial charge >= 0.3 is 0 Å². The lowest BCUT2D eigenvalue weighted by Gasteiger charge is -2.34. The largest absolute Gasteiger partial charge is 0.303 e. The molecule has 2 aliphatic carbocycles. The number of fused-ring (bicyclic) bond motifs is 2. The van der Waals surface area contributed by atoms with Gasteiger partial charge in [0.05, 0.1) is 0 Å². The molecule has 1 fully saturated rings. The van der Waals surface area contributed by atoms with Crippen molar-refractivity contribution in [3.05, 3.63) is 22.8 Å². The van der Waals surface area contributed by atoms with E-state index in [9.17, 15) is 0 Å². The summed E-state index contributed by atoms with van der Waals surface area (Å²) in [6, 6.07) is 0. The van der Waals surface area contributed by atoms with Crippen LogP contribution in [-0.2, 0) is 0 Å². The van der Waals surface area contributed by atoms with Crippen LogP contribution in [0.4, 0.5) is 0 Å².